The molecule has 0 bridgehead atoms. The highest BCUT2D eigenvalue weighted by Gasteiger charge is 2.28. The van der Waals surface area contributed by atoms with Crippen LogP contribution in [0.15, 0.2) is 48.5 Å². The average Bonchev–Trinajstić information content (AvgIpc) is 3.20. The molecule has 0 radical (unpaired) electrons. The van der Waals surface area contributed by atoms with E-state index in [0.717, 1.165) is 11.3 Å². The van der Waals surface area contributed by atoms with E-state index in [1.165, 1.54) is 17.0 Å². The van der Waals surface area contributed by atoms with Gasteiger partial charge in [-0.05, 0) is 62.7 Å². The van der Waals surface area contributed by atoms with Crippen LogP contribution in [-0.4, -0.2) is 36.7 Å². The van der Waals surface area contributed by atoms with E-state index in [1.807, 2.05) is 0 Å². The molecule has 174 valence electrons. The van der Waals surface area contributed by atoms with Crippen LogP contribution in [0.4, 0.5) is 9.52 Å². The molecule has 1 atom stereocenters. The van der Waals surface area contributed by atoms with Gasteiger partial charge in [0, 0.05) is 0 Å². The van der Waals surface area contributed by atoms with E-state index in [1.54, 1.807) is 64.3 Å². The van der Waals surface area contributed by atoms with Crippen LogP contribution in [0, 0.1) is 12.7 Å². The lowest BCUT2D eigenvalue weighted by atomic mass is 10.2. The smallest absolute Gasteiger partial charge is 0.350 e. The summed E-state index contributed by atoms with van der Waals surface area (Å²) >= 11 is 1.07. The van der Waals surface area contributed by atoms with E-state index >= 15 is 0 Å². The largest absolute Gasteiger partial charge is 0.497 e. The number of hydrogen-bond acceptors (Lipinski definition) is 7. The Morgan fingerprint density at radius 2 is 1.73 bits per heavy atom. The number of methoxy groups -OCH3 is 1. The molecule has 0 aliphatic carbocycles. The zero-order valence-electron chi connectivity index (χ0n) is 18.8. The van der Waals surface area contributed by atoms with Crippen molar-refractivity contribution in [3.05, 3.63) is 70.5 Å². The number of esters is 1. The normalized spacial score (nSPS) is 11.5. The standard InChI is InChI=1S/C24H25FN2O5S/c1-5-31-23(29)21-15(2)26-24(33-21)27(14-17-6-8-18(25)9-7-17)22(28)16(3)32-20-12-10-19(30-4)11-13-20/h6-13,16H,5,14H2,1-4H3. The summed E-state index contributed by atoms with van der Waals surface area (Å²) in [5.41, 5.74) is 1.17. The van der Waals surface area contributed by atoms with E-state index in [4.69, 9.17) is 14.2 Å². The van der Waals surface area contributed by atoms with Gasteiger partial charge in [-0.2, -0.15) is 0 Å². The summed E-state index contributed by atoms with van der Waals surface area (Å²) in [5.74, 6) is -0.0535. The Hall–Kier alpha value is -3.46. The highest BCUT2D eigenvalue weighted by atomic mass is 32.1. The van der Waals surface area contributed by atoms with Crippen LogP contribution in [0.1, 0.15) is 34.8 Å². The van der Waals surface area contributed by atoms with Crippen LogP contribution in [0.5, 0.6) is 11.5 Å². The van der Waals surface area contributed by atoms with Crippen LogP contribution >= 0.6 is 11.3 Å². The quantitative estimate of drug-likeness (QED) is 0.417. The van der Waals surface area contributed by atoms with Gasteiger partial charge in [-0.15, -0.1) is 0 Å². The second kappa shape index (κ2) is 10.9. The van der Waals surface area contributed by atoms with Crippen molar-refractivity contribution in [3.8, 4) is 11.5 Å². The van der Waals surface area contributed by atoms with E-state index in [2.05, 4.69) is 4.98 Å². The molecule has 0 spiro atoms. The fourth-order valence-electron chi connectivity index (χ4n) is 3.02. The topological polar surface area (TPSA) is 78.0 Å². The van der Waals surface area contributed by atoms with Gasteiger partial charge in [0.2, 0.25) is 0 Å². The third-order valence-electron chi connectivity index (χ3n) is 4.72. The number of carbonyl (C=O) groups excluding carboxylic acids is 2. The molecule has 0 saturated carbocycles. The van der Waals surface area contributed by atoms with Crippen molar-refractivity contribution in [1.82, 2.24) is 4.98 Å². The third kappa shape index (κ3) is 6.07. The Kier molecular flexibility index (Phi) is 8.00. The molecule has 1 unspecified atom stereocenters. The summed E-state index contributed by atoms with van der Waals surface area (Å²) in [6, 6.07) is 12.7. The highest BCUT2D eigenvalue weighted by molar-refractivity contribution is 7.17. The SMILES string of the molecule is CCOC(=O)c1sc(N(Cc2ccc(F)cc2)C(=O)C(C)Oc2ccc(OC)cc2)nc1C. The molecule has 0 N–H and O–H groups in total. The van der Waals surface area contributed by atoms with Crippen LogP contribution in [0.3, 0.4) is 0 Å². The van der Waals surface area contributed by atoms with Gasteiger partial charge >= 0.3 is 5.97 Å². The van der Waals surface area contributed by atoms with Crippen molar-refractivity contribution >= 4 is 28.3 Å². The Morgan fingerprint density at radius 3 is 2.33 bits per heavy atom. The predicted molar refractivity (Wildman–Crippen MR) is 123 cm³/mol. The Morgan fingerprint density at radius 1 is 1.09 bits per heavy atom. The highest BCUT2D eigenvalue weighted by Crippen LogP contribution is 2.29. The maximum atomic E-state index is 13.4. The van der Waals surface area contributed by atoms with Gasteiger partial charge < -0.3 is 14.2 Å². The lowest BCUT2D eigenvalue weighted by molar-refractivity contribution is -0.124. The minimum Gasteiger partial charge on any atom is -0.497 e. The monoisotopic (exact) mass is 472 g/mol. The maximum absolute atomic E-state index is 13.4. The van der Waals surface area contributed by atoms with Gasteiger partial charge in [-0.3, -0.25) is 9.69 Å². The number of thiazole rings is 1. The van der Waals surface area contributed by atoms with Crippen molar-refractivity contribution in [1.29, 1.82) is 0 Å². The first-order chi connectivity index (χ1) is 15.8. The molecule has 7 nitrogen and oxygen atoms in total. The van der Waals surface area contributed by atoms with Crippen LogP contribution in [0.25, 0.3) is 0 Å². The summed E-state index contributed by atoms with van der Waals surface area (Å²) in [4.78, 5) is 31.9. The van der Waals surface area contributed by atoms with Crippen LogP contribution in [-0.2, 0) is 16.1 Å². The Bertz CT molecular complexity index is 1100. The molecule has 0 aliphatic heterocycles. The zero-order chi connectivity index (χ0) is 24.0. The van der Waals surface area contributed by atoms with Gasteiger partial charge in [-0.25, -0.2) is 14.2 Å². The Labute approximate surface area is 195 Å². The fraction of sp³-hybridized carbons (Fsp3) is 0.292. The minimum atomic E-state index is -0.853. The number of rotatable bonds is 9. The number of benzene rings is 2. The lowest BCUT2D eigenvalue weighted by Crippen LogP contribution is -2.40. The Balaban J connectivity index is 1.88. The fourth-order valence-corrected chi connectivity index (χ4v) is 3.99. The summed E-state index contributed by atoms with van der Waals surface area (Å²) in [7, 11) is 1.57. The van der Waals surface area contributed by atoms with Crippen molar-refractivity contribution in [2.45, 2.75) is 33.4 Å². The van der Waals surface area contributed by atoms with Crippen LogP contribution < -0.4 is 14.4 Å². The van der Waals surface area contributed by atoms with E-state index < -0.39 is 12.1 Å². The number of nitrogens with zero attached hydrogens (tertiary/aromatic N) is 2. The molecule has 1 amide bonds. The number of aryl methyl sites for hydroxylation is 1. The molecule has 1 heterocycles. The number of amides is 1. The van der Waals surface area contributed by atoms with Crippen molar-refractivity contribution in [2.24, 2.45) is 0 Å². The molecular weight excluding hydrogens is 447 g/mol. The number of ether oxygens (including phenoxy) is 3. The number of halogens is 1. The average molecular weight is 473 g/mol. The molecule has 0 saturated heterocycles. The van der Waals surface area contributed by atoms with Crippen molar-refractivity contribution < 1.29 is 28.2 Å². The molecule has 9 heteroatoms. The molecule has 33 heavy (non-hydrogen) atoms. The first kappa shape index (κ1) is 24.2. The lowest BCUT2D eigenvalue weighted by Gasteiger charge is -2.24. The predicted octanol–water partition coefficient (Wildman–Crippen LogP) is 4.78. The van der Waals surface area contributed by atoms with E-state index in [-0.39, 0.29) is 24.9 Å². The van der Waals surface area contributed by atoms with Crippen molar-refractivity contribution in [2.75, 3.05) is 18.6 Å². The molecule has 1 aromatic heterocycles. The summed E-state index contributed by atoms with van der Waals surface area (Å²) < 4.78 is 29.4. The second-order valence-electron chi connectivity index (χ2n) is 7.12. The van der Waals surface area contributed by atoms with Gasteiger partial charge in [0.05, 0.1) is 26.0 Å². The summed E-state index contributed by atoms with van der Waals surface area (Å²) in [5, 5.41) is 0.329. The van der Waals surface area contributed by atoms with Crippen LogP contribution in [0.2, 0.25) is 0 Å². The van der Waals surface area contributed by atoms with Gasteiger partial charge in [0.1, 0.15) is 22.2 Å². The maximum Gasteiger partial charge on any atom is 0.350 e. The van der Waals surface area contributed by atoms with Gasteiger partial charge in [-0.1, -0.05) is 23.5 Å². The molecule has 2 aromatic carbocycles. The molecule has 0 fully saturated rings. The third-order valence-corrected chi connectivity index (χ3v) is 5.88. The molecular formula is C24H25FN2O5S. The van der Waals surface area contributed by atoms with Gasteiger partial charge in [0.15, 0.2) is 11.2 Å². The van der Waals surface area contributed by atoms with Crippen molar-refractivity contribution in [3.63, 3.8) is 0 Å². The zero-order valence-corrected chi connectivity index (χ0v) is 19.6. The first-order valence-electron chi connectivity index (χ1n) is 10.3. The van der Waals surface area contributed by atoms with Gasteiger partial charge in [0.25, 0.3) is 5.91 Å². The first-order valence-corrected chi connectivity index (χ1v) is 11.1. The van der Waals surface area contributed by atoms with E-state index in [0.29, 0.717) is 32.8 Å². The molecule has 3 rings (SSSR count). The number of anilines is 1. The second-order valence-corrected chi connectivity index (χ2v) is 8.10. The number of hydrogen-bond donors (Lipinski definition) is 0. The number of carbonyl (C=O) groups is 2. The number of aromatic nitrogens is 1. The minimum absolute atomic E-state index is 0.130. The van der Waals surface area contributed by atoms with E-state index in [9.17, 15) is 14.0 Å². The molecule has 0 aliphatic rings. The summed E-state index contributed by atoms with van der Waals surface area (Å²) in [6.45, 7) is 5.40. The molecule has 3 aromatic rings. The summed E-state index contributed by atoms with van der Waals surface area (Å²) in [6.07, 6.45) is -0.853.